The lowest BCUT2D eigenvalue weighted by atomic mass is 10.1. The highest BCUT2D eigenvalue weighted by atomic mass is 32.2. The second kappa shape index (κ2) is 9.66. The molecule has 0 bridgehead atoms. The third kappa shape index (κ3) is 6.51. The van der Waals surface area contributed by atoms with Gasteiger partial charge in [-0.25, -0.2) is 21.6 Å². The first-order chi connectivity index (χ1) is 14.0. The molecular formula is C20H22F3N3O3S. The van der Waals surface area contributed by atoms with Crippen LogP contribution in [0.1, 0.15) is 31.0 Å². The number of carbonyl (C=O) groups is 1. The van der Waals surface area contributed by atoms with Crippen molar-refractivity contribution < 1.29 is 26.4 Å². The van der Waals surface area contributed by atoms with E-state index in [-0.39, 0.29) is 5.56 Å². The van der Waals surface area contributed by atoms with Crippen molar-refractivity contribution in [3.05, 3.63) is 65.0 Å². The maximum atomic E-state index is 14.1. The van der Waals surface area contributed by atoms with Crippen LogP contribution in [-0.4, -0.2) is 27.1 Å². The number of anilines is 2. The SMILES string of the molecule is CCNc1cc(F)ccc1C=CC(=O)NC(C)c1cc(F)c(NS(C)(=O)=O)c(F)c1. The van der Waals surface area contributed by atoms with Crippen LogP contribution < -0.4 is 15.4 Å². The van der Waals surface area contributed by atoms with Gasteiger partial charge < -0.3 is 10.6 Å². The highest BCUT2D eigenvalue weighted by Gasteiger charge is 2.18. The molecule has 0 aliphatic heterocycles. The van der Waals surface area contributed by atoms with Gasteiger partial charge in [0.05, 0.1) is 12.3 Å². The number of nitrogens with one attached hydrogen (secondary N) is 3. The summed E-state index contributed by atoms with van der Waals surface area (Å²) in [5.41, 5.74) is 0.440. The third-order valence-electron chi connectivity index (χ3n) is 4.01. The lowest BCUT2D eigenvalue weighted by Crippen LogP contribution is -2.25. The van der Waals surface area contributed by atoms with Gasteiger partial charge in [-0.3, -0.25) is 9.52 Å². The van der Waals surface area contributed by atoms with E-state index >= 15 is 0 Å². The monoisotopic (exact) mass is 441 g/mol. The first-order valence-corrected chi connectivity index (χ1v) is 10.9. The van der Waals surface area contributed by atoms with Crippen LogP contribution in [0.3, 0.4) is 0 Å². The van der Waals surface area contributed by atoms with Crippen LogP contribution in [0.4, 0.5) is 24.5 Å². The maximum absolute atomic E-state index is 14.1. The number of sulfonamides is 1. The standard InChI is InChI=1S/C20H22F3N3O3S/c1-4-24-18-11-15(21)7-5-13(18)6-8-19(27)25-12(2)14-9-16(22)20(17(23)10-14)26-30(3,28)29/h5-12,24,26H,4H2,1-3H3,(H,25,27). The predicted molar refractivity (Wildman–Crippen MR) is 111 cm³/mol. The highest BCUT2D eigenvalue weighted by molar-refractivity contribution is 7.92. The van der Waals surface area contributed by atoms with Crippen LogP contribution in [0.15, 0.2) is 36.4 Å². The Morgan fingerprint density at radius 2 is 1.77 bits per heavy atom. The van der Waals surface area contributed by atoms with Crippen LogP contribution >= 0.6 is 0 Å². The van der Waals surface area contributed by atoms with Crippen LogP contribution in [0.25, 0.3) is 6.08 Å². The van der Waals surface area contributed by atoms with Gasteiger partial charge in [0, 0.05) is 18.3 Å². The summed E-state index contributed by atoms with van der Waals surface area (Å²) in [6, 6.07) is 5.20. The van der Waals surface area contributed by atoms with E-state index in [0.29, 0.717) is 17.8 Å². The van der Waals surface area contributed by atoms with Crippen molar-refractivity contribution in [2.75, 3.05) is 22.8 Å². The molecular weight excluding hydrogens is 419 g/mol. The van der Waals surface area contributed by atoms with Crippen molar-refractivity contribution in [3.63, 3.8) is 0 Å². The molecule has 6 nitrogen and oxygen atoms in total. The summed E-state index contributed by atoms with van der Waals surface area (Å²) in [5, 5.41) is 5.55. The summed E-state index contributed by atoms with van der Waals surface area (Å²) >= 11 is 0. The molecule has 2 rings (SSSR count). The van der Waals surface area contributed by atoms with Crippen LogP contribution in [0.5, 0.6) is 0 Å². The average Bonchev–Trinajstić information content (AvgIpc) is 2.63. The van der Waals surface area contributed by atoms with Gasteiger partial charge >= 0.3 is 0 Å². The van der Waals surface area contributed by atoms with E-state index in [9.17, 15) is 26.4 Å². The Balaban J connectivity index is 2.14. The molecule has 30 heavy (non-hydrogen) atoms. The second-order valence-electron chi connectivity index (χ2n) is 6.56. The van der Waals surface area contributed by atoms with Gasteiger partial charge in [0.1, 0.15) is 11.5 Å². The molecule has 0 heterocycles. The van der Waals surface area contributed by atoms with E-state index < -0.39 is 45.1 Å². The summed E-state index contributed by atoms with van der Waals surface area (Å²) in [7, 11) is -3.86. The number of halogens is 3. The molecule has 2 aromatic carbocycles. The zero-order valence-corrected chi connectivity index (χ0v) is 17.4. The number of amides is 1. The molecule has 0 aromatic heterocycles. The van der Waals surface area contributed by atoms with E-state index in [1.54, 1.807) is 4.72 Å². The topological polar surface area (TPSA) is 87.3 Å². The number of carbonyl (C=O) groups excluding carboxylic acids is 1. The van der Waals surface area contributed by atoms with Gasteiger partial charge in [-0.1, -0.05) is 0 Å². The lowest BCUT2D eigenvalue weighted by molar-refractivity contribution is -0.117. The molecule has 162 valence electrons. The van der Waals surface area contributed by atoms with Gasteiger partial charge in [0.2, 0.25) is 15.9 Å². The van der Waals surface area contributed by atoms with E-state index in [1.165, 1.54) is 37.3 Å². The number of rotatable bonds is 8. The molecule has 3 N–H and O–H groups in total. The fourth-order valence-corrected chi connectivity index (χ4v) is 3.22. The molecule has 1 atom stereocenters. The van der Waals surface area contributed by atoms with E-state index in [2.05, 4.69) is 10.6 Å². The zero-order valence-electron chi connectivity index (χ0n) is 16.6. The average molecular weight is 441 g/mol. The number of hydrogen-bond acceptors (Lipinski definition) is 4. The molecule has 10 heteroatoms. The molecule has 2 aromatic rings. The highest BCUT2D eigenvalue weighted by Crippen LogP contribution is 2.25. The molecule has 0 fully saturated rings. The normalized spacial score (nSPS) is 12.6. The van der Waals surface area contributed by atoms with Gasteiger partial charge in [-0.2, -0.15) is 0 Å². The minimum absolute atomic E-state index is 0.112. The van der Waals surface area contributed by atoms with Crippen molar-refractivity contribution in [1.29, 1.82) is 0 Å². The molecule has 1 unspecified atom stereocenters. The number of hydrogen-bond donors (Lipinski definition) is 3. The quantitative estimate of drug-likeness (QED) is 0.544. The van der Waals surface area contributed by atoms with E-state index in [4.69, 9.17) is 0 Å². The van der Waals surface area contributed by atoms with Crippen molar-refractivity contribution in [2.45, 2.75) is 19.9 Å². The van der Waals surface area contributed by atoms with Crippen molar-refractivity contribution in [3.8, 4) is 0 Å². The first-order valence-electron chi connectivity index (χ1n) is 8.99. The molecule has 0 saturated heterocycles. The Hall–Kier alpha value is -3.01. The fraction of sp³-hybridized carbons (Fsp3) is 0.250. The molecule has 1 amide bonds. The Morgan fingerprint density at radius 3 is 2.33 bits per heavy atom. The van der Waals surface area contributed by atoms with Crippen LogP contribution in [0, 0.1) is 17.5 Å². The Labute approximate surface area is 173 Å². The van der Waals surface area contributed by atoms with E-state index in [1.807, 2.05) is 6.92 Å². The minimum Gasteiger partial charge on any atom is -0.385 e. The Morgan fingerprint density at radius 1 is 1.13 bits per heavy atom. The molecule has 0 aliphatic carbocycles. The summed E-state index contributed by atoms with van der Waals surface area (Å²) in [5.74, 6) is -3.16. The molecule has 0 radical (unpaired) electrons. The van der Waals surface area contributed by atoms with E-state index in [0.717, 1.165) is 18.4 Å². The smallest absolute Gasteiger partial charge is 0.244 e. The van der Waals surface area contributed by atoms with Gasteiger partial charge in [0.25, 0.3) is 0 Å². The fourth-order valence-electron chi connectivity index (χ4n) is 2.65. The second-order valence-corrected chi connectivity index (χ2v) is 8.31. The zero-order chi connectivity index (χ0) is 22.5. The first kappa shape index (κ1) is 23.3. The summed E-state index contributed by atoms with van der Waals surface area (Å²) in [6.07, 6.45) is 3.48. The summed E-state index contributed by atoms with van der Waals surface area (Å²) in [6.45, 7) is 3.93. The van der Waals surface area contributed by atoms with Crippen LogP contribution in [0.2, 0.25) is 0 Å². The van der Waals surface area contributed by atoms with Crippen LogP contribution in [-0.2, 0) is 14.8 Å². The minimum atomic E-state index is -3.86. The lowest BCUT2D eigenvalue weighted by Gasteiger charge is -2.15. The van der Waals surface area contributed by atoms with Gasteiger partial charge in [0.15, 0.2) is 11.6 Å². The predicted octanol–water partition coefficient (Wildman–Crippen LogP) is 3.80. The molecule has 0 spiro atoms. The third-order valence-corrected chi connectivity index (χ3v) is 4.58. The Bertz CT molecular complexity index is 1050. The van der Waals surface area contributed by atoms with Crippen molar-refractivity contribution in [2.24, 2.45) is 0 Å². The molecule has 0 aliphatic rings. The summed E-state index contributed by atoms with van der Waals surface area (Å²) < 4.78 is 65.8. The van der Waals surface area contributed by atoms with Gasteiger partial charge in [-0.05, 0) is 61.4 Å². The summed E-state index contributed by atoms with van der Waals surface area (Å²) in [4.78, 5) is 12.2. The largest absolute Gasteiger partial charge is 0.385 e. The molecule has 0 saturated carbocycles. The number of benzene rings is 2. The van der Waals surface area contributed by atoms with Crippen molar-refractivity contribution >= 4 is 33.4 Å². The maximum Gasteiger partial charge on any atom is 0.244 e. The Kier molecular flexibility index (Phi) is 7.49. The van der Waals surface area contributed by atoms with Gasteiger partial charge in [-0.15, -0.1) is 0 Å². The van der Waals surface area contributed by atoms with Crippen molar-refractivity contribution in [1.82, 2.24) is 5.32 Å².